The summed E-state index contributed by atoms with van der Waals surface area (Å²) in [5.41, 5.74) is 3.13. The van der Waals surface area contributed by atoms with Gasteiger partial charge in [0.05, 0.1) is 0 Å². The minimum absolute atomic E-state index is 0.736. The molecule has 1 saturated heterocycles. The van der Waals surface area contributed by atoms with E-state index in [0.717, 1.165) is 6.04 Å². The number of hydrogen-bond acceptors (Lipinski definition) is 2. The third-order valence-corrected chi connectivity index (χ3v) is 4.40. The smallest absolute Gasteiger partial charge is 0.0195 e. The molecule has 1 fully saturated rings. The first-order valence-electron chi connectivity index (χ1n) is 7.44. The first-order valence-corrected chi connectivity index (χ1v) is 7.44. The highest BCUT2D eigenvalue weighted by molar-refractivity contribution is 5.28. The second kappa shape index (κ2) is 5.85. The Morgan fingerprint density at radius 3 is 2.39 bits per heavy atom. The molecule has 0 amide bonds. The van der Waals surface area contributed by atoms with Crippen LogP contribution in [-0.4, -0.2) is 37.1 Å². The normalized spacial score (nSPS) is 25.4. The molecule has 2 nitrogen and oxygen atoms in total. The minimum Gasteiger partial charge on any atom is -0.313 e. The van der Waals surface area contributed by atoms with E-state index in [4.69, 9.17) is 0 Å². The Morgan fingerprint density at radius 1 is 1.06 bits per heavy atom. The maximum Gasteiger partial charge on any atom is 0.0195 e. The predicted octanol–water partition coefficient (Wildman–Crippen LogP) is 2.23. The molecule has 18 heavy (non-hydrogen) atoms. The number of fused-ring (bicyclic) bond motifs is 1. The van der Waals surface area contributed by atoms with Crippen molar-refractivity contribution in [3.05, 3.63) is 35.4 Å². The fourth-order valence-electron chi connectivity index (χ4n) is 3.29. The van der Waals surface area contributed by atoms with Crippen LogP contribution >= 0.6 is 0 Å². The number of nitrogens with one attached hydrogen (secondary N) is 1. The first-order chi connectivity index (χ1) is 8.92. The second-order valence-corrected chi connectivity index (χ2v) is 5.72. The topological polar surface area (TPSA) is 15.3 Å². The maximum absolute atomic E-state index is 3.67. The number of rotatable bonds is 2. The summed E-state index contributed by atoms with van der Waals surface area (Å²) in [6, 6.07) is 9.70. The van der Waals surface area contributed by atoms with E-state index in [1.807, 2.05) is 0 Å². The van der Waals surface area contributed by atoms with Gasteiger partial charge in [-0.15, -0.1) is 0 Å². The Hall–Kier alpha value is -0.860. The lowest BCUT2D eigenvalue weighted by molar-refractivity contribution is 0.232. The van der Waals surface area contributed by atoms with E-state index in [9.17, 15) is 0 Å². The summed E-state index contributed by atoms with van der Waals surface area (Å²) in [4.78, 5) is 2.66. The summed E-state index contributed by atoms with van der Waals surface area (Å²) in [6.07, 6.45) is 6.59. The zero-order valence-electron chi connectivity index (χ0n) is 11.2. The van der Waals surface area contributed by atoms with Gasteiger partial charge in [0.1, 0.15) is 0 Å². The van der Waals surface area contributed by atoms with Gasteiger partial charge in [-0.2, -0.15) is 0 Å². The minimum atomic E-state index is 0.736. The number of piperidine rings is 1. The zero-order chi connectivity index (χ0) is 12.2. The summed E-state index contributed by atoms with van der Waals surface area (Å²) in [5, 5.41) is 3.67. The molecular weight excluding hydrogens is 220 g/mol. The monoisotopic (exact) mass is 244 g/mol. The first kappa shape index (κ1) is 12.2. The maximum atomic E-state index is 3.67. The Kier molecular flexibility index (Phi) is 3.96. The molecule has 0 saturated carbocycles. The molecule has 2 heteroatoms. The molecule has 1 atom stereocenters. The third kappa shape index (κ3) is 2.93. The van der Waals surface area contributed by atoms with Crippen LogP contribution in [0.15, 0.2) is 24.3 Å². The van der Waals surface area contributed by atoms with Gasteiger partial charge in [-0.05, 0) is 43.4 Å². The van der Waals surface area contributed by atoms with Gasteiger partial charge < -0.3 is 10.2 Å². The number of nitrogens with zero attached hydrogens (tertiary/aromatic N) is 1. The second-order valence-electron chi connectivity index (χ2n) is 5.72. The summed E-state index contributed by atoms with van der Waals surface area (Å²) in [7, 11) is 0. The van der Waals surface area contributed by atoms with Gasteiger partial charge in [-0.1, -0.05) is 30.7 Å². The molecule has 2 aliphatic heterocycles. The Bertz CT molecular complexity index is 355. The Balaban J connectivity index is 1.57. The largest absolute Gasteiger partial charge is 0.313 e. The van der Waals surface area contributed by atoms with Gasteiger partial charge in [0.2, 0.25) is 0 Å². The molecule has 2 heterocycles. The highest BCUT2D eigenvalue weighted by Crippen LogP contribution is 2.16. The highest BCUT2D eigenvalue weighted by Gasteiger charge is 2.18. The molecule has 1 aromatic rings. The van der Waals surface area contributed by atoms with Gasteiger partial charge in [-0.3, -0.25) is 0 Å². The third-order valence-electron chi connectivity index (χ3n) is 4.40. The van der Waals surface area contributed by atoms with Crippen LogP contribution in [0.4, 0.5) is 0 Å². The standard InChI is InChI=1S/C16H24N2/c1-2-6-15-9-12-18(11-8-14(15)5-1)13-16-7-3-4-10-17-16/h1-2,5-6,16-17H,3-4,7-13H2. The Labute approximate surface area is 110 Å². The van der Waals surface area contributed by atoms with E-state index in [0.29, 0.717) is 0 Å². The molecule has 1 N–H and O–H groups in total. The van der Waals surface area contributed by atoms with Crippen molar-refractivity contribution in [1.82, 2.24) is 10.2 Å². The van der Waals surface area contributed by atoms with Gasteiger partial charge in [-0.25, -0.2) is 0 Å². The summed E-state index contributed by atoms with van der Waals surface area (Å²) >= 11 is 0. The number of benzene rings is 1. The lowest BCUT2D eigenvalue weighted by Gasteiger charge is -2.29. The van der Waals surface area contributed by atoms with Gasteiger partial charge in [0.25, 0.3) is 0 Å². The molecule has 2 aliphatic rings. The van der Waals surface area contributed by atoms with Crippen molar-refractivity contribution >= 4 is 0 Å². The van der Waals surface area contributed by atoms with Crippen molar-refractivity contribution in [1.29, 1.82) is 0 Å². The van der Waals surface area contributed by atoms with Crippen molar-refractivity contribution < 1.29 is 0 Å². The molecule has 0 radical (unpaired) electrons. The van der Waals surface area contributed by atoms with Crippen LogP contribution in [0.3, 0.4) is 0 Å². The molecule has 98 valence electrons. The Morgan fingerprint density at radius 2 is 1.78 bits per heavy atom. The van der Waals surface area contributed by atoms with Crippen molar-refractivity contribution in [3.63, 3.8) is 0 Å². The van der Waals surface area contributed by atoms with Gasteiger partial charge >= 0.3 is 0 Å². The lowest BCUT2D eigenvalue weighted by Crippen LogP contribution is -2.44. The molecule has 0 aromatic heterocycles. The van der Waals surface area contributed by atoms with Crippen LogP contribution in [0.5, 0.6) is 0 Å². The van der Waals surface area contributed by atoms with Crippen molar-refractivity contribution in [3.8, 4) is 0 Å². The van der Waals surface area contributed by atoms with Crippen LogP contribution in [0.1, 0.15) is 30.4 Å². The van der Waals surface area contributed by atoms with Crippen LogP contribution in [0.25, 0.3) is 0 Å². The van der Waals surface area contributed by atoms with E-state index in [1.54, 1.807) is 11.1 Å². The molecule has 0 bridgehead atoms. The summed E-state index contributed by atoms with van der Waals surface area (Å²) in [5.74, 6) is 0. The van der Waals surface area contributed by atoms with Crippen LogP contribution in [-0.2, 0) is 12.8 Å². The molecule has 1 unspecified atom stereocenters. The average Bonchev–Trinajstić information content (AvgIpc) is 2.63. The van der Waals surface area contributed by atoms with Gasteiger partial charge in [0.15, 0.2) is 0 Å². The van der Waals surface area contributed by atoms with Crippen molar-refractivity contribution in [2.24, 2.45) is 0 Å². The molecule has 1 aromatic carbocycles. The molecular formula is C16H24N2. The molecule has 0 aliphatic carbocycles. The van der Waals surface area contributed by atoms with E-state index in [2.05, 4.69) is 34.5 Å². The highest BCUT2D eigenvalue weighted by atomic mass is 15.1. The van der Waals surface area contributed by atoms with Gasteiger partial charge in [0, 0.05) is 25.7 Å². The SMILES string of the molecule is c1ccc2c(c1)CCN(CC1CCCCN1)CC2. The average molecular weight is 244 g/mol. The fraction of sp³-hybridized carbons (Fsp3) is 0.625. The fourth-order valence-corrected chi connectivity index (χ4v) is 3.29. The molecule has 0 spiro atoms. The van der Waals surface area contributed by atoms with E-state index < -0.39 is 0 Å². The van der Waals surface area contributed by atoms with E-state index in [-0.39, 0.29) is 0 Å². The molecule has 3 rings (SSSR count). The quantitative estimate of drug-likeness (QED) is 0.858. The van der Waals surface area contributed by atoms with E-state index in [1.165, 1.54) is 58.3 Å². The van der Waals surface area contributed by atoms with Crippen molar-refractivity contribution in [2.75, 3.05) is 26.2 Å². The lowest BCUT2D eigenvalue weighted by atomic mass is 10.0. The van der Waals surface area contributed by atoms with E-state index >= 15 is 0 Å². The summed E-state index contributed by atoms with van der Waals surface area (Å²) in [6.45, 7) is 4.93. The van der Waals surface area contributed by atoms with Crippen molar-refractivity contribution in [2.45, 2.75) is 38.1 Å². The zero-order valence-corrected chi connectivity index (χ0v) is 11.2. The summed E-state index contributed by atoms with van der Waals surface area (Å²) < 4.78 is 0. The predicted molar refractivity (Wildman–Crippen MR) is 75.9 cm³/mol. The van der Waals surface area contributed by atoms with Crippen LogP contribution in [0.2, 0.25) is 0 Å². The number of hydrogen-bond donors (Lipinski definition) is 1. The van der Waals surface area contributed by atoms with Crippen LogP contribution in [0, 0.1) is 0 Å². The van der Waals surface area contributed by atoms with Crippen LogP contribution < -0.4 is 5.32 Å².